The van der Waals surface area contributed by atoms with E-state index >= 15 is 0 Å². The molecule has 0 aliphatic heterocycles. The molecule has 0 saturated heterocycles. The van der Waals surface area contributed by atoms with E-state index in [1.165, 1.54) is 17.0 Å². The normalized spacial score (nSPS) is 11.5. The molecule has 1 N–H and O–H groups in total. The zero-order valence-corrected chi connectivity index (χ0v) is 9.71. The van der Waals surface area contributed by atoms with Crippen LogP contribution < -0.4 is 0 Å². The molecule has 0 radical (unpaired) electrons. The maximum atomic E-state index is 11.7. The summed E-state index contributed by atoms with van der Waals surface area (Å²) in [5.41, 5.74) is -0.930. The lowest BCUT2D eigenvalue weighted by atomic mass is 10.1. The van der Waals surface area contributed by atoms with Crippen molar-refractivity contribution in [2.45, 2.75) is 19.4 Å². The Morgan fingerprint density at radius 1 is 1.60 bits per heavy atom. The first kappa shape index (κ1) is 12.1. The standard InChI is InChI=1S/C10H14ClNO3/c1-10(2,14)6-12(3)9(13)7-4-5-8(11)15-7/h4-5,14H,6H2,1-3H3. The van der Waals surface area contributed by atoms with Crippen LogP contribution in [0.1, 0.15) is 24.4 Å². The van der Waals surface area contributed by atoms with E-state index in [-0.39, 0.29) is 23.4 Å². The number of likely N-dealkylation sites (N-methyl/N-ethyl adjacent to an activating group) is 1. The van der Waals surface area contributed by atoms with Gasteiger partial charge in [0.2, 0.25) is 0 Å². The Balaban J connectivity index is 2.69. The van der Waals surface area contributed by atoms with Gasteiger partial charge >= 0.3 is 0 Å². The quantitative estimate of drug-likeness (QED) is 0.863. The molecule has 1 aromatic rings. The number of aliphatic hydroxyl groups is 1. The van der Waals surface area contributed by atoms with E-state index in [0.717, 1.165) is 0 Å². The fourth-order valence-electron chi connectivity index (χ4n) is 1.27. The molecule has 0 bridgehead atoms. The van der Waals surface area contributed by atoms with E-state index in [1.807, 2.05) is 0 Å². The molecule has 1 amide bonds. The van der Waals surface area contributed by atoms with E-state index in [9.17, 15) is 9.90 Å². The van der Waals surface area contributed by atoms with Gasteiger partial charge in [-0.25, -0.2) is 0 Å². The predicted molar refractivity (Wildman–Crippen MR) is 57.0 cm³/mol. The summed E-state index contributed by atoms with van der Waals surface area (Å²) in [6.45, 7) is 3.49. The first-order valence-electron chi connectivity index (χ1n) is 4.53. The van der Waals surface area contributed by atoms with Crippen LogP contribution in [-0.2, 0) is 0 Å². The van der Waals surface area contributed by atoms with Gasteiger partial charge in [0, 0.05) is 13.6 Å². The highest BCUT2D eigenvalue weighted by molar-refractivity contribution is 6.29. The first-order chi connectivity index (χ1) is 6.79. The van der Waals surface area contributed by atoms with Crippen molar-refractivity contribution in [3.8, 4) is 0 Å². The van der Waals surface area contributed by atoms with Crippen LogP contribution in [-0.4, -0.2) is 35.1 Å². The minimum Gasteiger partial charge on any atom is -0.440 e. The average molecular weight is 232 g/mol. The number of nitrogens with zero attached hydrogens (tertiary/aromatic N) is 1. The smallest absolute Gasteiger partial charge is 0.289 e. The summed E-state index contributed by atoms with van der Waals surface area (Å²) < 4.78 is 4.97. The van der Waals surface area contributed by atoms with Crippen molar-refractivity contribution in [1.29, 1.82) is 0 Å². The second kappa shape index (κ2) is 4.24. The Morgan fingerprint density at radius 3 is 2.60 bits per heavy atom. The van der Waals surface area contributed by atoms with E-state index in [1.54, 1.807) is 20.9 Å². The second-order valence-corrected chi connectivity index (χ2v) is 4.45. The Kier molecular flexibility index (Phi) is 3.42. The van der Waals surface area contributed by atoms with Crippen molar-refractivity contribution in [2.75, 3.05) is 13.6 Å². The minimum atomic E-state index is -0.930. The van der Waals surface area contributed by atoms with Gasteiger partial charge in [-0.15, -0.1) is 0 Å². The van der Waals surface area contributed by atoms with Crippen LogP contribution in [0.5, 0.6) is 0 Å². The SMILES string of the molecule is CN(CC(C)(C)O)C(=O)c1ccc(Cl)o1. The Hall–Kier alpha value is -1.00. The van der Waals surface area contributed by atoms with Crippen molar-refractivity contribution in [2.24, 2.45) is 0 Å². The fourth-order valence-corrected chi connectivity index (χ4v) is 1.42. The fraction of sp³-hybridized carbons (Fsp3) is 0.500. The Bertz CT molecular complexity index is 354. The monoisotopic (exact) mass is 231 g/mol. The number of hydrogen-bond donors (Lipinski definition) is 1. The number of carbonyl (C=O) groups is 1. The molecule has 0 fully saturated rings. The molecular formula is C10H14ClNO3. The van der Waals surface area contributed by atoms with Crippen molar-refractivity contribution in [1.82, 2.24) is 4.90 Å². The number of furan rings is 1. The van der Waals surface area contributed by atoms with Gasteiger partial charge in [-0.3, -0.25) is 4.79 Å². The third-order valence-corrected chi connectivity index (χ3v) is 1.96. The summed E-state index contributed by atoms with van der Waals surface area (Å²) in [4.78, 5) is 13.1. The van der Waals surface area contributed by atoms with E-state index in [2.05, 4.69) is 0 Å². The lowest BCUT2D eigenvalue weighted by Gasteiger charge is -2.24. The summed E-state index contributed by atoms with van der Waals surface area (Å²) in [6, 6.07) is 3.01. The summed E-state index contributed by atoms with van der Waals surface area (Å²) in [5, 5.41) is 9.71. The summed E-state index contributed by atoms with van der Waals surface area (Å²) >= 11 is 5.56. The number of amides is 1. The Morgan fingerprint density at radius 2 is 2.20 bits per heavy atom. The van der Waals surface area contributed by atoms with Gasteiger partial charge in [0.05, 0.1) is 5.60 Å². The van der Waals surface area contributed by atoms with Gasteiger partial charge in [-0.05, 0) is 37.6 Å². The van der Waals surface area contributed by atoms with Crippen LogP contribution in [0, 0.1) is 0 Å². The molecule has 1 aromatic heterocycles. The third-order valence-electron chi connectivity index (χ3n) is 1.75. The van der Waals surface area contributed by atoms with Crippen molar-refractivity contribution in [3.63, 3.8) is 0 Å². The van der Waals surface area contributed by atoms with Crippen LogP contribution >= 0.6 is 11.6 Å². The molecule has 15 heavy (non-hydrogen) atoms. The van der Waals surface area contributed by atoms with Crippen LogP contribution in [0.3, 0.4) is 0 Å². The molecule has 4 nitrogen and oxygen atoms in total. The molecule has 0 aliphatic rings. The van der Waals surface area contributed by atoms with Crippen molar-refractivity contribution < 1.29 is 14.3 Å². The van der Waals surface area contributed by atoms with Crippen LogP contribution in [0.15, 0.2) is 16.5 Å². The highest BCUT2D eigenvalue weighted by Gasteiger charge is 2.22. The average Bonchev–Trinajstić information content (AvgIpc) is 2.47. The van der Waals surface area contributed by atoms with E-state index in [4.69, 9.17) is 16.0 Å². The van der Waals surface area contributed by atoms with Gasteiger partial charge in [0.1, 0.15) is 0 Å². The van der Waals surface area contributed by atoms with E-state index < -0.39 is 5.60 Å². The molecule has 1 rings (SSSR count). The topological polar surface area (TPSA) is 53.7 Å². The second-order valence-electron chi connectivity index (χ2n) is 4.08. The molecule has 84 valence electrons. The minimum absolute atomic E-state index is 0.173. The van der Waals surface area contributed by atoms with Crippen molar-refractivity contribution >= 4 is 17.5 Å². The number of halogens is 1. The van der Waals surface area contributed by atoms with Crippen LogP contribution in [0.4, 0.5) is 0 Å². The predicted octanol–water partition coefficient (Wildman–Crippen LogP) is 1.78. The van der Waals surface area contributed by atoms with Crippen molar-refractivity contribution in [3.05, 3.63) is 23.1 Å². The lowest BCUT2D eigenvalue weighted by Crippen LogP contribution is -2.39. The zero-order valence-electron chi connectivity index (χ0n) is 8.95. The molecule has 0 spiro atoms. The first-order valence-corrected chi connectivity index (χ1v) is 4.90. The molecular weight excluding hydrogens is 218 g/mol. The molecule has 0 saturated carbocycles. The highest BCUT2D eigenvalue weighted by Crippen LogP contribution is 2.15. The molecule has 0 aromatic carbocycles. The number of carbonyl (C=O) groups excluding carboxylic acids is 1. The lowest BCUT2D eigenvalue weighted by molar-refractivity contribution is 0.0352. The molecule has 0 aliphatic carbocycles. The zero-order chi connectivity index (χ0) is 11.6. The molecule has 1 heterocycles. The van der Waals surface area contributed by atoms with E-state index in [0.29, 0.717) is 0 Å². The Labute approximate surface area is 93.4 Å². The summed E-state index contributed by atoms with van der Waals surface area (Å²) in [5.74, 6) is -0.129. The van der Waals surface area contributed by atoms with Crippen LogP contribution in [0.25, 0.3) is 0 Å². The summed E-state index contributed by atoms with van der Waals surface area (Å²) in [7, 11) is 1.59. The van der Waals surface area contributed by atoms with Gasteiger partial charge < -0.3 is 14.4 Å². The number of rotatable bonds is 3. The summed E-state index contributed by atoms with van der Waals surface area (Å²) in [6.07, 6.45) is 0. The third kappa shape index (κ3) is 3.57. The largest absolute Gasteiger partial charge is 0.440 e. The van der Waals surface area contributed by atoms with Crippen LogP contribution in [0.2, 0.25) is 5.22 Å². The molecule has 0 atom stereocenters. The van der Waals surface area contributed by atoms with Gasteiger partial charge in [-0.1, -0.05) is 0 Å². The molecule has 0 unspecified atom stereocenters. The van der Waals surface area contributed by atoms with Gasteiger partial charge in [0.15, 0.2) is 11.0 Å². The van der Waals surface area contributed by atoms with Gasteiger partial charge in [0.25, 0.3) is 5.91 Å². The maximum Gasteiger partial charge on any atom is 0.289 e. The van der Waals surface area contributed by atoms with Gasteiger partial charge in [-0.2, -0.15) is 0 Å². The highest BCUT2D eigenvalue weighted by atomic mass is 35.5. The maximum absolute atomic E-state index is 11.7. The molecule has 5 heteroatoms. The number of hydrogen-bond acceptors (Lipinski definition) is 3.